The summed E-state index contributed by atoms with van der Waals surface area (Å²) < 4.78 is 15.5. The molecule has 0 unspecified atom stereocenters. The van der Waals surface area contributed by atoms with Crippen molar-refractivity contribution in [3.8, 4) is 0 Å². The van der Waals surface area contributed by atoms with Crippen LogP contribution in [0.1, 0.15) is 36.8 Å². The maximum absolute atomic E-state index is 12.1. The highest BCUT2D eigenvalue weighted by Gasteiger charge is 2.34. The van der Waals surface area contributed by atoms with Crippen molar-refractivity contribution in [2.24, 2.45) is 0 Å². The molecule has 0 aliphatic rings. The molecular formula is C18H21NO6. The van der Waals surface area contributed by atoms with Gasteiger partial charge in [-0.3, -0.25) is 14.2 Å². The second-order valence-corrected chi connectivity index (χ2v) is 5.84. The summed E-state index contributed by atoms with van der Waals surface area (Å²) in [5, 5.41) is 0.579. The van der Waals surface area contributed by atoms with Crippen LogP contribution in [-0.4, -0.2) is 43.9 Å². The lowest BCUT2D eigenvalue weighted by molar-refractivity contribution is -0.154. The van der Waals surface area contributed by atoms with Crippen molar-refractivity contribution in [2.45, 2.75) is 25.7 Å². The Bertz CT molecular complexity index is 804. The van der Waals surface area contributed by atoms with E-state index in [4.69, 9.17) is 14.2 Å². The largest absolute Gasteiger partial charge is 0.468 e. The zero-order chi connectivity index (χ0) is 18.7. The van der Waals surface area contributed by atoms with Crippen LogP contribution in [0.4, 0.5) is 4.79 Å². The molecule has 0 bridgehead atoms. The molecule has 0 N–H and O–H groups in total. The average Bonchev–Trinajstić information content (AvgIpc) is 2.99. The van der Waals surface area contributed by atoms with Gasteiger partial charge in [-0.1, -0.05) is 26.0 Å². The van der Waals surface area contributed by atoms with Crippen LogP contribution in [0.25, 0.3) is 10.9 Å². The van der Waals surface area contributed by atoms with E-state index in [2.05, 4.69) is 0 Å². The Kier molecular flexibility index (Phi) is 5.46. The minimum Gasteiger partial charge on any atom is -0.468 e. The molecule has 0 atom stereocenters. The minimum atomic E-state index is -1.28. The Labute approximate surface area is 145 Å². The number of methoxy groups -OCH3 is 3. The molecule has 0 aliphatic carbocycles. The van der Waals surface area contributed by atoms with Gasteiger partial charge < -0.3 is 14.2 Å². The summed E-state index contributed by atoms with van der Waals surface area (Å²) in [5.41, 5.74) is 1.88. The van der Waals surface area contributed by atoms with E-state index in [-0.39, 0.29) is 5.92 Å². The fourth-order valence-electron chi connectivity index (χ4n) is 2.69. The smallest absolute Gasteiger partial charge is 0.418 e. The maximum Gasteiger partial charge on any atom is 0.418 e. The standard InChI is InChI=1S/C18H21NO6/c1-10(2)11-6-7-12-13(15(16(20)23-3)17(21)24-4)9-19(14(12)8-11)18(22)25-5/h6-10,15H,1-5H3. The number of carbonyl (C=O) groups excluding carboxylic acids is 3. The summed E-state index contributed by atoms with van der Waals surface area (Å²) in [7, 11) is 3.64. The third kappa shape index (κ3) is 3.35. The Morgan fingerprint density at radius 3 is 2.04 bits per heavy atom. The Hall–Kier alpha value is -2.83. The summed E-state index contributed by atoms with van der Waals surface area (Å²) in [5.74, 6) is -2.56. The molecule has 0 aliphatic heterocycles. The molecule has 0 radical (unpaired) electrons. The van der Waals surface area contributed by atoms with Gasteiger partial charge >= 0.3 is 18.0 Å². The summed E-state index contributed by atoms with van der Waals surface area (Å²) in [6, 6.07) is 5.51. The van der Waals surface area contributed by atoms with Crippen molar-refractivity contribution in [3.05, 3.63) is 35.5 Å². The second-order valence-electron chi connectivity index (χ2n) is 5.84. The number of nitrogens with zero attached hydrogens (tertiary/aromatic N) is 1. The van der Waals surface area contributed by atoms with E-state index in [0.717, 1.165) is 5.56 Å². The number of ether oxygens (including phenoxy) is 3. The lowest BCUT2D eigenvalue weighted by atomic mass is 9.96. The maximum atomic E-state index is 12.1. The number of hydrogen-bond acceptors (Lipinski definition) is 6. The summed E-state index contributed by atoms with van der Waals surface area (Å²) in [6.07, 6.45) is 0.796. The first-order chi connectivity index (χ1) is 11.8. The highest BCUT2D eigenvalue weighted by atomic mass is 16.5. The zero-order valence-corrected chi connectivity index (χ0v) is 14.9. The van der Waals surface area contributed by atoms with Crippen LogP contribution in [0.5, 0.6) is 0 Å². The van der Waals surface area contributed by atoms with Gasteiger partial charge in [0.15, 0.2) is 5.92 Å². The summed E-state index contributed by atoms with van der Waals surface area (Å²) in [4.78, 5) is 36.4. The molecule has 0 spiro atoms. The zero-order valence-electron chi connectivity index (χ0n) is 14.9. The van der Waals surface area contributed by atoms with E-state index < -0.39 is 23.9 Å². The molecule has 0 saturated carbocycles. The van der Waals surface area contributed by atoms with Gasteiger partial charge in [0.25, 0.3) is 0 Å². The van der Waals surface area contributed by atoms with Crippen LogP contribution in [0.15, 0.2) is 24.4 Å². The fraction of sp³-hybridized carbons (Fsp3) is 0.389. The minimum absolute atomic E-state index is 0.242. The molecule has 1 aromatic carbocycles. The van der Waals surface area contributed by atoms with E-state index in [1.807, 2.05) is 26.0 Å². The van der Waals surface area contributed by atoms with Gasteiger partial charge in [0, 0.05) is 17.1 Å². The van der Waals surface area contributed by atoms with Crippen molar-refractivity contribution < 1.29 is 28.6 Å². The molecule has 0 amide bonds. The molecule has 1 heterocycles. The van der Waals surface area contributed by atoms with Crippen molar-refractivity contribution >= 4 is 28.9 Å². The van der Waals surface area contributed by atoms with Crippen molar-refractivity contribution in [3.63, 3.8) is 0 Å². The van der Waals surface area contributed by atoms with Crippen LogP contribution in [0, 0.1) is 0 Å². The molecule has 1 aromatic heterocycles. The lowest BCUT2D eigenvalue weighted by Crippen LogP contribution is -2.24. The van der Waals surface area contributed by atoms with Crippen molar-refractivity contribution in [1.82, 2.24) is 4.57 Å². The van der Waals surface area contributed by atoms with Crippen LogP contribution in [-0.2, 0) is 23.8 Å². The number of hydrogen-bond donors (Lipinski definition) is 0. The first-order valence-electron chi connectivity index (χ1n) is 7.74. The topological polar surface area (TPSA) is 83.8 Å². The summed E-state index contributed by atoms with van der Waals surface area (Å²) in [6.45, 7) is 4.05. The van der Waals surface area contributed by atoms with Gasteiger partial charge in [-0.15, -0.1) is 0 Å². The van der Waals surface area contributed by atoms with Crippen LogP contribution in [0.2, 0.25) is 0 Å². The van der Waals surface area contributed by atoms with Crippen LogP contribution < -0.4 is 0 Å². The normalized spacial score (nSPS) is 11.0. The van der Waals surface area contributed by atoms with E-state index in [1.165, 1.54) is 32.1 Å². The third-order valence-corrected chi connectivity index (χ3v) is 4.08. The van der Waals surface area contributed by atoms with Gasteiger partial charge in [-0.2, -0.15) is 0 Å². The SMILES string of the molecule is COC(=O)C(C(=O)OC)c1cn(C(=O)OC)c2cc(C(C)C)ccc12. The third-order valence-electron chi connectivity index (χ3n) is 4.08. The molecular weight excluding hydrogens is 326 g/mol. The number of benzene rings is 1. The molecule has 2 rings (SSSR count). The second kappa shape index (κ2) is 7.38. The predicted octanol–water partition coefficient (Wildman–Crippen LogP) is 2.81. The van der Waals surface area contributed by atoms with Gasteiger partial charge in [0.2, 0.25) is 0 Å². The van der Waals surface area contributed by atoms with Crippen LogP contribution >= 0.6 is 0 Å². The Morgan fingerprint density at radius 2 is 1.56 bits per heavy atom. The first-order valence-corrected chi connectivity index (χ1v) is 7.74. The van der Waals surface area contributed by atoms with E-state index in [0.29, 0.717) is 16.5 Å². The molecule has 0 fully saturated rings. The Balaban J connectivity index is 2.77. The lowest BCUT2D eigenvalue weighted by Gasteiger charge is -2.12. The molecule has 134 valence electrons. The average molecular weight is 347 g/mol. The monoisotopic (exact) mass is 347 g/mol. The highest BCUT2D eigenvalue weighted by Crippen LogP contribution is 2.32. The number of aromatic nitrogens is 1. The molecule has 7 nitrogen and oxygen atoms in total. The van der Waals surface area contributed by atoms with E-state index in [1.54, 1.807) is 6.07 Å². The van der Waals surface area contributed by atoms with E-state index in [9.17, 15) is 14.4 Å². The first kappa shape index (κ1) is 18.5. The Morgan fingerprint density at radius 1 is 0.960 bits per heavy atom. The number of esters is 2. The number of rotatable bonds is 4. The van der Waals surface area contributed by atoms with Crippen molar-refractivity contribution in [2.75, 3.05) is 21.3 Å². The van der Waals surface area contributed by atoms with E-state index >= 15 is 0 Å². The van der Waals surface area contributed by atoms with Gasteiger partial charge in [0.05, 0.1) is 26.8 Å². The highest BCUT2D eigenvalue weighted by molar-refractivity contribution is 6.06. The molecule has 7 heteroatoms. The van der Waals surface area contributed by atoms with Gasteiger partial charge in [-0.25, -0.2) is 4.79 Å². The fourth-order valence-corrected chi connectivity index (χ4v) is 2.69. The summed E-state index contributed by atoms with van der Waals surface area (Å²) >= 11 is 0. The number of fused-ring (bicyclic) bond motifs is 1. The van der Waals surface area contributed by atoms with Crippen LogP contribution in [0.3, 0.4) is 0 Å². The van der Waals surface area contributed by atoms with Crippen molar-refractivity contribution in [1.29, 1.82) is 0 Å². The predicted molar refractivity (Wildman–Crippen MR) is 90.6 cm³/mol. The molecule has 0 saturated heterocycles. The molecule has 2 aromatic rings. The van der Waals surface area contributed by atoms with Gasteiger partial charge in [0.1, 0.15) is 0 Å². The molecule has 25 heavy (non-hydrogen) atoms. The van der Waals surface area contributed by atoms with Gasteiger partial charge in [-0.05, 0) is 17.5 Å². The quantitative estimate of drug-likeness (QED) is 0.480. The number of carbonyl (C=O) groups is 3.